The van der Waals surface area contributed by atoms with Crippen molar-refractivity contribution in [2.45, 2.75) is 26.2 Å². The molecule has 0 spiro atoms. The van der Waals surface area contributed by atoms with Crippen LogP contribution < -0.4 is 4.74 Å². The van der Waals surface area contributed by atoms with Crippen LogP contribution in [0.4, 0.5) is 0 Å². The maximum absolute atomic E-state index is 11.0. The molecule has 0 bridgehead atoms. The number of Topliss-reactive ketones (excluding diaryl/α,β-unsaturated/α-hetero) is 1. The number of benzene rings is 2. The van der Waals surface area contributed by atoms with E-state index in [4.69, 9.17) is 4.74 Å². The average molecular weight is 268 g/mol. The van der Waals surface area contributed by atoms with Gasteiger partial charge in [0.1, 0.15) is 11.5 Å². The van der Waals surface area contributed by atoms with E-state index in [-0.39, 0.29) is 5.78 Å². The fourth-order valence-electron chi connectivity index (χ4n) is 2.10. The summed E-state index contributed by atoms with van der Waals surface area (Å²) in [7, 11) is 0. The van der Waals surface area contributed by atoms with Crippen LogP contribution in [0.25, 0.3) is 0 Å². The van der Waals surface area contributed by atoms with Crippen LogP contribution in [0.15, 0.2) is 54.6 Å². The Bertz CT molecular complexity index is 529. The topological polar surface area (TPSA) is 26.3 Å². The molecule has 0 saturated carbocycles. The Morgan fingerprint density at radius 1 is 0.950 bits per heavy atom. The molecule has 0 fully saturated rings. The van der Waals surface area contributed by atoms with Gasteiger partial charge < -0.3 is 4.74 Å². The third-order valence-corrected chi connectivity index (χ3v) is 3.10. The Balaban J connectivity index is 1.73. The zero-order chi connectivity index (χ0) is 14.2. The summed E-state index contributed by atoms with van der Waals surface area (Å²) in [6, 6.07) is 18.2. The van der Waals surface area contributed by atoms with Crippen molar-refractivity contribution >= 4 is 5.78 Å². The Morgan fingerprint density at radius 2 is 1.65 bits per heavy atom. The number of rotatable bonds is 7. The van der Waals surface area contributed by atoms with Crippen molar-refractivity contribution in [3.05, 3.63) is 65.7 Å². The first-order chi connectivity index (χ1) is 9.74. The van der Waals surface area contributed by atoms with E-state index in [1.54, 1.807) is 6.92 Å². The zero-order valence-corrected chi connectivity index (χ0v) is 11.8. The summed E-state index contributed by atoms with van der Waals surface area (Å²) < 4.78 is 5.70. The minimum atomic E-state index is 0.182. The number of hydrogen-bond acceptors (Lipinski definition) is 2. The second-order valence-electron chi connectivity index (χ2n) is 4.96. The van der Waals surface area contributed by atoms with Gasteiger partial charge in [-0.2, -0.15) is 0 Å². The SMILES string of the molecule is CC(=O)Cc1ccc(OCCCc2ccccc2)cc1. The van der Waals surface area contributed by atoms with Crippen LogP contribution in [0.2, 0.25) is 0 Å². The van der Waals surface area contributed by atoms with Gasteiger partial charge in [-0.25, -0.2) is 0 Å². The number of carbonyl (C=O) groups is 1. The highest BCUT2D eigenvalue weighted by atomic mass is 16.5. The quantitative estimate of drug-likeness (QED) is 0.713. The molecule has 0 N–H and O–H groups in total. The summed E-state index contributed by atoms with van der Waals surface area (Å²) in [5, 5.41) is 0. The minimum absolute atomic E-state index is 0.182. The van der Waals surface area contributed by atoms with E-state index >= 15 is 0 Å². The highest BCUT2D eigenvalue weighted by molar-refractivity contribution is 5.78. The number of ketones is 1. The van der Waals surface area contributed by atoms with Crippen LogP contribution in [0.5, 0.6) is 5.75 Å². The lowest BCUT2D eigenvalue weighted by molar-refractivity contribution is -0.116. The molecule has 0 saturated heterocycles. The first kappa shape index (κ1) is 14.3. The van der Waals surface area contributed by atoms with E-state index < -0.39 is 0 Å². The summed E-state index contributed by atoms with van der Waals surface area (Å²) in [5.74, 6) is 1.05. The second-order valence-corrected chi connectivity index (χ2v) is 4.96. The van der Waals surface area contributed by atoms with Crippen molar-refractivity contribution in [2.24, 2.45) is 0 Å². The molecule has 0 radical (unpaired) electrons. The fraction of sp³-hybridized carbons (Fsp3) is 0.278. The molecular formula is C18H20O2. The first-order valence-corrected chi connectivity index (χ1v) is 6.99. The van der Waals surface area contributed by atoms with Crippen LogP contribution in [-0.2, 0) is 17.6 Å². The lowest BCUT2D eigenvalue weighted by atomic mass is 10.1. The molecule has 0 aliphatic carbocycles. The molecule has 2 aromatic carbocycles. The van der Waals surface area contributed by atoms with Crippen molar-refractivity contribution in [3.63, 3.8) is 0 Å². The van der Waals surface area contributed by atoms with Crippen molar-refractivity contribution in [1.29, 1.82) is 0 Å². The van der Waals surface area contributed by atoms with E-state index in [9.17, 15) is 4.79 Å². The van der Waals surface area contributed by atoms with Gasteiger partial charge in [0.2, 0.25) is 0 Å². The van der Waals surface area contributed by atoms with E-state index in [0.29, 0.717) is 13.0 Å². The van der Waals surface area contributed by atoms with Crippen molar-refractivity contribution in [3.8, 4) is 5.75 Å². The van der Waals surface area contributed by atoms with E-state index in [1.165, 1.54) is 5.56 Å². The van der Waals surface area contributed by atoms with Crippen LogP contribution in [-0.4, -0.2) is 12.4 Å². The average Bonchev–Trinajstić information content (AvgIpc) is 2.46. The maximum atomic E-state index is 11.0. The molecule has 0 aromatic heterocycles. The number of aryl methyl sites for hydroxylation is 1. The highest BCUT2D eigenvalue weighted by Crippen LogP contribution is 2.13. The third kappa shape index (κ3) is 4.88. The molecule has 0 amide bonds. The molecule has 104 valence electrons. The lowest BCUT2D eigenvalue weighted by Crippen LogP contribution is -2.00. The van der Waals surface area contributed by atoms with E-state index in [0.717, 1.165) is 24.2 Å². The zero-order valence-electron chi connectivity index (χ0n) is 11.8. The highest BCUT2D eigenvalue weighted by Gasteiger charge is 1.99. The van der Waals surface area contributed by atoms with Gasteiger partial charge in [-0.1, -0.05) is 42.5 Å². The monoisotopic (exact) mass is 268 g/mol. The third-order valence-electron chi connectivity index (χ3n) is 3.10. The predicted octanol–water partition coefficient (Wildman–Crippen LogP) is 3.83. The Hall–Kier alpha value is -2.09. The van der Waals surface area contributed by atoms with Gasteiger partial charge in [0.15, 0.2) is 0 Å². The van der Waals surface area contributed by atoms with Crippen LogP contribution in [0.3, 0.4) is 0 Å². The summed E-state index contributed by atoms with van der Waals surface area (Å²) >= 11 is 0. The van der Waals surface area contributed by atoms with Crippen LogP contribution >= 0.6 is 0 Å². The molecule has 20 heavy (non-hydrogen) atoms. The van der Waals surface area contributed by atoms with Crippen molar-refractivity contribution < 1.29 is 9.53 Å². The minimum Gasteiger partial charge on any atom is -0.494 e. The normalized spacial score (nSPS) is 10.2. The molecule has 2 nitrogen and oxygen atoms in total. The Morgan fingerprint density at radius 3 is 2.30 bits per heavy atom. The summed E-state index contributed by atoms with van der Waals surface area (Å²) in [6.07, 6.45) is 2.52. The molecule has 2 heteroatoms. The predicted molar refractivity (Wildman–Crippen MR) is 81.1 cm³/mol. The van der Waals surface area contributed by atoms with E-state index in [1.807, 2.05) is 30.3 Å². The van der Waals surface area contributed by atoms with Gasteiger partial charge in [0.05, 0.1) is 6.61 Å². The van der Waals surface area contributed by atoms with Crippen LogP contribution in [0, 0.1) is 0 Å². The van der Waals surface area contributed by atoms with Gasteiger partial charge in [0, 0.05) is 6.42 Å². The summed E-state index contributed by atoms with van der Waals surface area (Å²) in [5.41, 5.74) is 2.38. The van der Waals surface area contributed by atoms with Crippen molar-refractivity contribution in [1.82, 2.24) is 0 Å². The number of carbonyl (C=O) groups excluding carboxylic acids is 1. The van der Waals surface area contributed by atoms with E-state index in [2.05, 4.69) is 24.3 Å². The largest absolute Gasteiger partial charge is 0.494 e. The number of ether oxygens (including phenoxy) is 1. The Labute approximate surface area is 120 Å². The van der Waals surface area contributed by atoms with Gasteiger partial charge in [-0.3, -0.25) is 4.79 Å². The fourth-order valence-corrected chi connectivity index (χ4v) is 2.10. The molecule has 2 rings (SSSR count). The molecule has 0 aliphatic rings. The summed E-state index contributed by atoms with van der Waals surface area (Å²) in [6.45, 7) is 2.31. The van der Waals surface area contributed by atoms with Gasteiger partial charge in [-0.05, 0) is 43.0 Å². The van der Waals surface area contributed by atoms with Crippen LogP contribution in [0.1, 0.15) is 24.5 Å². The smallest absolute Gasteiger partial charge is 0.134 e. The molecular weight excluding hydrogens is 248 g/mol. The maximum Gasteiger partial charge on any atom is 0.134 e. The lowest BCUT2D eigenvalue weighted by Gasteiger charge is -2.07. The molecule has 2 aromatic rings. The first-order valence-electron chi connectivity index (χ1n) is 6.99. The van der Waals surface area contributed by atoms with Crippen molar-refractivity contribution in [2.75, 3.05) is 6.61 Å². The molecule has 0 unspecified atom stereocenters. The van der Waals surface area contributed by atoms with Gasteiger partial charge >= 0.3 is 0 Å². The molecule has 0 heterocycles. The summed E-state index contributed by atoms with van der Waals surface area (Å²) in [4.78, 5) is 11.0. The number of hydrogen-bond donors (Lipinski definition) is 0. The standard InChI is InChI=1S/C18H20O2/c1-15(19)14-17-9-11-18(12-10-17)20-13-5-8-16-6-3-2-4-7-16/h2-4,6-7,9-12H,5,8,13-14H2,1H3. The van der Waals surface area contributed by atoms with Gasteiger partial charge in [0.25, 0.3) is 0 Å². The molecule has 0 aliphatic heterocycles. The Kier molecular flexibility index (Phi) is 5.36. The molecule has 0 atom stereocenters. The van der Waals surface area contributed by atoms with Gasteiger partial charge in [-0.15, -0.1) is 0 Å². The second kappa shape index (κ2) is 7.49.